The molecule has 110 valence electrons. The zero-order chi connectivity index (χ0) is 14.9. The van der Waals surface area contributed by atoms with Crippen LogP contribution in [0.15, 0.2) is 23.1 Å². The van der Waals surface area contributed by atoms with Crippen LogP contribution in [0, 0.1) is 5.92 Å². The van der Waals surface area contributed by atoms with E-state index in [9.17, 15) is 13.2 Å². The number of nitrogens with one attached hydrogen (secondary N) is 1. The van der Waals surface area contributed by atoms with Crippen molar-refractivity contribution in [3.05, 3.63) is 18.2 Å². The monoisotopic (exact) mass is 298 g/mol. The highest BCUT2D eigenvalue weighted by molar-refractivity contribution is 7.89. The first-order valence-corrected chi connectivity index (χ1v) is 7.71. The minimum atomic E-state index is -3.61. The van der Waals surface area contributed by atoms with Crippen LogP contribution in [0.1, 0.15) is 6.42 Å². The largest absolute Gasteiger partial charge is 0.399 e. The van der Waals surface area contributed by atoms with Gasteiger partial charge < -0.3 is 16.4 Å². The van der Waals surface area contributed by atoms with E-state index in [1.54, 1.807) is 12.1 Å². The molecule has 20 heavy (non-hydrogen) atoms. The second kappa shape index (κ2) is 5.29. The number of nitrogens with zero attached hydrogens (tertiary/aromatic N) is 1. The number of hydrogen-bond donors (Lipinski definition) is 3. The van der Waals surface area contributed by atoms with Gasteiger partial charge in [-0.1, -0.05) is 0 Å². The molecule has 0 bridgehead atoms. The number of hydrogen-bond acceptors (Lipinski definition) is 5. The molecule has 1 heterocycles. The maximum Gasteiger partial charge on any atom is 0.242 e. The smallest absolute Gasteiger partial charge is 0.242 e. The summed E-state index contributed by atoms with van der Waals surface area (Å²) in [6.45, 7) is 1.01. The number of primary amides is 1. The van der Waals surface area contributed by atoms with Gasteiger partial charge in [0.25, 0.3) is 0 Å². The highest BCUT2D eigenvalue weighted by Gasteiger charge is 2.30. The number of nitrogen functional groups attached to an aromatic ring is 1. The lowest BCUT2D eigenvalue weighted by atomic mass is 10.1. The van der Waals surface area contributed by atoms with E-state index in [-0.39, 0.29) is 16.7 Å². The highest BCUT2D eigenvalue weighted by atomic mass is 32.2. The second-order valence-electron chi connectivity index (χ2n) is 4.77. The number of nitrogens with two attached hydrogens (primary N) is 2. The van der Waals surface area contributed by atoms with Gasteiger partial charge in [-0.15, -0.1) is 0 Å². The Balaban J connectivity index is 2.41. The summed E-state index contributed by atoms with van der Waals surface area (Å²) in [6.07, 6.45) is 0.624. The normalized spacial score (nSPS) is 19.2. The summed E-state index contributed by atoms with van der Waals surface area (Å²) in [5.41, 5.74) is 11.9. The molecular formula is C12H18N4O3S. The van der Waals surface area contributed by atoms with Gasteiger partial charge in [-0.3, -0.25) is 4.79 Å². The number of anilines is 2. The molecule has 7 nitrogen and oxygen atoms in total. The Morgan fingerprint density at radius 1 is 1.45 bits per heavy atom. The van der Waals surface area contributed by atoms with Crippen LogP contribution in [0.3, 0.4) is 0 Å². The SMILES string of the molecule is CNS(=O)(=O)c1cc(N)ccc1N1CCC(C(N)=O)C1. The average molecular weight is 298 g/mol. The fourth-order valence-electron chi connectivity index (χ4n) is 2.33. The number of amides is 1. The summed E-state index contributed by atoms with van der Waals surface area (Å²) in [5.74, 6) is -0.612. The number of benzene rings is 1. The maximum absolute atomic E-state index is 12.1. The summed E-state index contributed by atoms with van der Waals surface area (Å²) in [5, 5.41) is 0. The topological polar surface area (TPSA) is 119 Å². The maximum atomic E-state index is 12.1. The molecule has 0 radical (unpaired) electrons. The lowest BCUT2D eigenvalue weighted by Crippen LogP contribution is -2.29. The molecule has 1 amide bonds. The summed E-state index contributed by atoms with van der Waals surface area (Å²) in [6, 6.07) is 4.71. The minimum Gasteiger partial charge on any atom is -0.399 e. The van der Waals surface area contributed by atoms with Crippen LogP contribution in [0.5, 0.6) is 0 Å². The summed E-state index contributed by atoms with van der Waals surface area (Å²) < 4.78 is 26.4. The van der Waals surface area contributed by atoms with E-state index < -0.39 is 10.0 Å². The van der Waals surface area contributed by atoms with E-state index in [1.165, 1.54) is 13.1 Å². The molecule has 1 unspecified atom stereocenters. The van der Waals surface area contributed by atoms with E-state index >= 15 is 0 Å². The van der Waals surface area contributed by atoms with Gasteiger partial charge in [0, 0.05) is 18.8 Å². The minimum absolute atomic E-state index is 0.116. The van der Waals surface area contributed by atoms with Gasteiger partial charge in [0.15, 0.2) is 0 Å². The van der Waals surface area contributed by atoms with Gasteiger partial charge in [-0.25, -0.2) is 13.1 Å². The van der Waals surface area contributed by atoms with E-state index in [0.717, 1.165) is 0 Å². The molecule has 1 fully saturated rings. The van der Waals surface area contributed by atoms with Crippen molar-refractivity contribution in [2.45, 2.75) is 11.3 Å². The summed E-state index contributed by atoms with van der Waals surface area (Å²) >= 11 is 0. The average Bonchev–Trinajstić information content (AvgIpc) is 2.88. The molecular weight excluding hydrogens is 280 g/mol. The standard InChI is InChI=1S/C12H18N4O3S/c1-15-20(18,19)11-6-9(13)2-3-10(11)16-5-4-8(7-16)12(14)17/h2-3,6,8,15H,4-5,7,13H2,1H3,(H2,14,17). The predicted octanol–water partition coefficient (Wildman–Crippen LogP) is -0.512. The molecule has 2 rings (SSSR count). The number of rotatable bonds is 4. The molecule has 1 aliphatic heterocycles. The fraction of sp³-hybridized carbons (Fsp3) is 0.417. The van der Waals surface area contributed by atoms with Gasteiger partial charge in [-0.2, -0.15) is 0 Å². The van der Waals surface area contributed by atoms with Crippen LogP contribution in [-0.2, 0) is 14.8 Å². The molecule has 0 aliphatic carbocycles. The van der Waals surface area contributed by atoms with E-state index in [4.69, 9.17) is 11.5 Å². The molecule has 8 heteroatoms. The third-order valence-electron chi connectivity index (χ3n) is 3.47. The van der Waals surface area contributed by atoms with Crippen molar-refractivity contribution >= 4 is 27.3 Å². The molecule has 0 saturated carbocycles. The zero-order valence-electron chi connectivity index (χ0n) is 11.2. The summed E-state index contributed by atoms with van der Waals surface area (Å²) in [4.78, 5) is 13.2. The molecule has 0 aromatic heterocycles. The van der Waals surface area contributed by atoms with Crippen LogP contribution >= 0.6 is 0 Å². The van der Waals surface area contributed by atoms with Crippen LogP contribution in [-0.4, -0.2) is 34.5 Å². The van der Waals surface area contributed by atoms with E-state index in [2.05, 4.69) is 4.72 Å². The number of carbonyl (C=O) groups excluding carboxylic acids is 1. The van der Waals surface area contributed by atoms with E-state index in [1.807, 2.05) is 4.90 Å². The molecule has 1 aliphatic rings. The quantitative estimate of drug-likeness (QED) is 0.647. The number of carbonyl (C=O) groups is 1. The van der Waals surface area contributed by atoms with Crippen LogP contribution in [0.25, 0.3) is 0 Å². The predicted molar refractivity (Wildman–Crippen MR) is 76.6 cm³/mol. The Hall–Kier alpha value is -1.80. The van der Waals surface area contributed by atoms with Crippen molar-refractivity contribution in [1.29, 1.82) is 0 Å². The van der Waals surface area contributed by atoms with Gasteiger partial charge in [0.1, 0.15) is 4.90 Å². The third kappa shape index (κ3) is 2.70. The third-order valence-corrected chi connectivity index (χ3v) is 4.92. The van der Waals surface area contributed by atoms with Crippen molar-refractivity contribution in [3.63, 3.8) is 0 Å². The van der Waals surface area contributed by atoms with Crippen molar-refractivity contribution in [2.24, 2.45) is 11.7 Å². The fourth-order valence-corrected chi connectivity index (χ4v) is 3.31. The van der Waals surface area contributed by atoms with Crippen LogP contribution in [0.4, 0.5) is 11.4 Å². The Morgan fingerprint density at radius 2 is 2.15 bits per heavy atom. The molecule has 1 atom stereocenters. The Kier molecular flexibility index (Phi) is 3.87. The molecule has 1 saturated heterocycles. The highest BCUT2D eigenvalue weighted by Crippen LogP contribution is 2.31. The van der Waals surface area contributed by atoms with Crippen LogP contribution < -0.4 is 21.1 Å². The number of sulfonamides is 1. The van der Waals surface area contributed by atoms with Gasteiger partial charge >= 0.3 is 0 Å². The van der Waals surface area contributed by atoms with Crippen molar-refractivity contribution in [3.8, 4) is 0 Å². The molecule has 0 spiro atoms. The van der Waals surface area contributed by atoms with Crippen molar-refractivity contribution in [1.82, 2.24) is 4.72 Å². The molecule has 5 N–H and O–H groups in total. The van der Waals surface area contributed by atoms with Crippen molar-refractivity contribution in [2.75, 3.05) is 30.8 Å². The zero-order valence-corrected chi connectivity index (χ0v) is 12.0. The van der Waals surface area contributed by atoms with Gasteiger partial charge in [0.2, 0.25) is 15.9 Å². The second-order valence-corrected chi connectivity index (χ2v) is 6.62. The first-order chi connectivity index (χ1) is 9.35. The van der Waals surface area contributed by atoms with Crippen molar-refractivity contribution < 1.29 is 13.2 Å². The Bertz CT molecular complexity index is 630. The summed E-state index contributed by atoms with van der Waals surface area (Å²) in [7, 11) is -2.27. The first kappa shape index (κ1) is 14.6. The Morgan fingerprint density at radius 3 is 2.70 bits per heavy atom. The molecule has 1 aromatic rings. The van der Waals surface area contributed by atoms with Crippen LogP contribution in [0.2, 0.25) is 0 Å². The van der Waals surface area contributed by atoms with E-state index in [0.29, 0.717) is 30.9 Å². The van der Waals surface area contributed by atoms with Gasteiger partial charge in [0.05, 0.1) is 11.6 Å². The molecule has 1 aromatic carbocycles. The Labute approximate surface area is 118 Å². The van der Waals surface area contributed by atoms with Gasteiger partial charge in [-0.05, 0) is 31.7 Å². The lowest BCUT2D eigenvalue weighted by molar-refractivity contribution is -0.121. The first-order valence-electron chi connectivity index (χ1n) is 6.22. The lowest BCUT2D eigenvalue weighted by Gasteiger charge is -2.21.